The summed E-state index contributed by atoms with van der Waals surface area (Å²) < 4.78 is 5.93. The molecule has 4 rings (SSSR count). The van der Waals surface area contributed by atoms with Crippen LogP contribution in [0.1, 0.15) is 37.5 Å². The van der Waals surface area contributed by atoms with Crippen molar-refractivity contribution in [2.75, 3.05) is 57.8 Å². The summed E-state index contributed by atoms with van der Waals surface area (Å²) in [5.41, 5.74) is 0.865. The van der Waals surface area contributed by atoms with Crippen LogP contribution in [0.5, 0.6) is 0 Å². The molecule has 1 N–H and O–H groups in total. The van der Waals surface area contributed by atoms with Crippen LogP contribution < -0.4 is 10.2 Å². The van der Waals surface area contributed by atoms with Gasteiger partial charge in [-0.15, -0.1) is 0 Å². The van der Waals surface area contributed by atoms with E-state index in [1.165, 1.54) is 12.8 Å². The van der Waals surface area contributed by atoms with Crippen LogP contribution in [-0.4, -0.2) is 84.8 Å². The second kappa shape index (κ2) is 8.39. The van der Waals surface area contributed by atoms with E-state index < -0.39 is 0 Å². The number of aromatic nitrogens is 2. The third-order valence-corrected chi connectivity index (χ3v) is 5.78. The van der Waals surface area contributed by atoms with E-state index in [0.717, 1.165) is 50.7 Å². The minimum absolute atomic E-state index is 0.0201. The smallest absolute Gasteiger partial charge is 0.317 e. The van der Waals surface area contributed by atoms with Gasteiger partial charge in [-0.3, -0.25) is 0 Å². The summed E-state index contributed by atoms with van der Waals surface area (Å²) in [6.45, 7) is 5.80. The SMILES string of the molecule is CN1CCC(NC(=O)N2CCO[C@H](c3ccnc(N4CCCC4)n3)C2)CC1. The van der Waals surface area contributed by atoms with Crippen molar-refractivity contribution < 1.29 is 9.53 Å². The molecule has 4 heterocycles. The standard InChI is InChI=1S/C19H30N6O2/c1-23-10-5-15(6-11-23)21-19(26)25-12-13-27-17(14-25)16-4-7-20-18(22-16)24-8-2-3-9-24/h4,7,15,17H,2-3,5-6,8-14H2,1H3,(H,21,26)/t17-/m0/s1. The van der Waals surface area contributed by atoms with Crippen molar-refractivity contribution in [3.63, 3.8) is 0 Å². The van der Waals surface area contributed by atoms with Gasteiger partial charge in [-0.1, -0.05) is 0 Å². The van der Waals surface area contributed by atoms with Crippen molar-refractivity contribution in [3.05, 3.63) is 18.0 Å². The van der Waals surface area contributed by atoms with Gasteiger partial charge in [-0.25, -0.2) is 14.8 Å². The van der Waals surface area contributed by atoms with Crippen LogP contribution in [0.2, 0.25) is 0 Å². The lowest BCUT2D eigenvalue weighted by Gasteiger charge is -2.35. The number of urea groups is 1. The van der Waals surface area contributed by atoms with E-state index in [2.05, 4.69) is 27.1 Å². The van der Waals surface area contributed by atoms with E-state index >= 15 is 0 Å². The predicted molar refractivity (Wildman–Crippen MR) is 103 cm³/mol. The molecule has 1 atom stereocenters. The maximum Gasteiger partial charge on any atom is 0.317 e. The highest BCUT2D eigenvalue weighted by Gasteiger charge is 2.29. The Bertz CT molecular complexity index is 643. The average molecular weight is 374 g/mol. The molecular formula is C19H30N6O2. The van der Waals surface area contributed by atoms with Gasteiger partial charge in [0.05, 0.1) is 18.8 Å². The highest BCUT2D eigenvalue weighted by molar-refractivity contribution is 5.74. The first kappa shape index (κ1) is 18.4. The summed E-state index contributed by atoms with van der Waals surface area (Å²) in [4.78, 5) is 28.2. The zero-order chi connectivity index (χ0) is 18.6. The number of anilines is 1. The van der Waals surface area contributed by atoms with Gasteiger partial charge < -0.3 is 24.8 Å². The van der Waals surface area contributed by atoms with Crippen LogP contribution in [0.15, 0.2) is 12.3 Å². The maximum atomic E-state index is 12.7. The normalized spacial score (nSPS) is 25.0. The Morgan fingerprint density at radius 3 is 2.74 bits per heavy atom. The van der Waals surface area contributed by atoms with Crippen molar-refractivity contribution in [3.8, 4) is 0 Å². The Balaban J connectivity index is 1.36. The van der Waals surface area contributed by atoms with E-state index in [4.69, 9.17) is 9.72 Å². The third kappa shape index (κ3) is 4.50. The molecular weight excluding hydrogens is 344 g/mol. The van der Waals surface area contributed by atoms with E-state index in [0.29, 0.717) is 19.7 Å². The Labute approximate surface area is 160 Å². The number of nitrogens with one attached hydrogen (secondary N) is 1. The summed E-state index contributed by atoms with van der Waals surface area (Å²) in [5.74, 6) is 0.779. The van der Waals surface area contributed by atoms with Gasteiger partial charge in [0.25, 0.3) is 0 Å². The molecule has 1 aromatic heterocycles. The molecule has 3 aliphatic rings. The zero-order valence-electron chi connectivity index (χ0n) is 16.1. The predicted octanol–water partition coefficient (Wildman–Crippen LogP) is 1.25. The molecule has 0 aromatic carbocycles. The molecule has 0 unspecified atom stereocenters. The highest BCUT2D eigenvalue weighted by Crippen LogP contribution is 2.23. The molecule has 148 valence electrons. The van der Waals surface area contributed by atoms with Crippen molar-refractivity contribution >= 4 is 12.0 Å². The first-order chi connectivity index (χ1) is 13.2. The van der Waals surface area contributed by atoms with Gasteiger partial charge in [0.1, 0.15) is 6.10 Å². The zero-order valence-corrected chi connectivity index (χ0v) is 16.1. The molecule has 3 aliphatic heterocycles. The van der Waals surface area contributed by atoms with Crippen molar-refractivity contribution in [2.24, 2.45) is 0 Å². The number of carbonyl (C=O) groups excluding carboxylic acids is 1. The van der Waals surface area contributed by atoms with E-state index in [1.807, 2.05) is 11.0 Å². The molecule has 3 fully saturated rings. The van der Waals surface area contributed by atoms with Gasteiger partial charge in [-0.05, 0) is 51.9 Å². The van der Waals surface area contributed by atoms with Crippen LogP contribution in [0.3, 0.4) is 0 Å². The monoisotopic (exact) mass is 374 g/mol. The number of hydrogen-bond acceptors (Lipinski definition) is 6. The van der Waals surface area contributed by atoms with Crippen molar-refractivity contribution in [1.29, 1.82) is 0 Å². The largest absolute Gasteiger partial charge is 0.368 e. The fourth-order valence-corrected chi connectivity index (χ4v) is 4.04. The lowest BCUT2D eigenvalue weighted by Crippen LogP contribution is -2.52. The van der Waals surface area contributed by atoms with Crippen molar-refractivity contribution in [1.82, 2.24) is 25.1 Å². The van der Waals surface area contributed by atoms with Crippen LogP contribution in [0.25, 0.3) is 0 Å². The summed E-state index contributed by atoms with van der Waals surface area (Å²) in [5, 5.41) is 3.20. The molecule has 0 spiro atoms. The van der Waals surface area contributed by atoms with Gasteiger partial charge in [-0.2, -0.15) is 0 Å². The van der Waals surface area contributed by atoms with Gasteiger partial charge in [0, 0.05) is 31.9 Å². The number of morpholine rings is 1. The van der Waals surface area contributed by atoms with E-state index in [1.54, 1.807) is 6.20 Å². The van der Waals surface area contributed by atoms with Gasteiger partial charge in [0.15, 0.2) is 0 Å². The average Bonchev–Trinajstić information content (AvgIpc) is 3.25. The molecule has 3 saturated heterocycles. The number of rotatable bonds is 3. The Morgan fingerprint density at radius 1 is 1.19 bits per heavy atom. The van der Waals surface area contributed by atoms with Crippen molar-refractivity contribution in [2.45, 2.75) is 37.8 Å². The quantitative estimate of drug-likeness (QED) is 0.859. The molecule has 27 heavy (non-hydrogen) atoms. The molecule has 0 saturated carbocycles. The van der Waals surface area contributed by atoms with E-state index in [-0.39, 0.29) is 18.2 Å². The third-order valence-electron chi connectivity index (χ3n) is 5.78. The first-order valence-corrected chi connectivity index (χ1v) is 10.1. The number of hydrogen-bond donors (Lipinski definition) is 1. The lowest BCUT2D eigenvalue weighted by atomic mass is 10.1. The molecule has 1 aromatic rings. The molecule has 8 nitrogen and oxygen atoms in total. The van der Waals surface area contributed by atoms with Crippen LogP contribution in [0, 0.1) is 0 Å². The summed E-state index contributed by atoms with van der Waals surface area (Å²) in [6, 6.07) is 2.20. The Morgan fingerprint density at radius 2 is 1.96 bits per heavy atom. The maximum absolute atomic E-state index is 12.7. The second-order valence-electron chi connectivity index (χ2n) is 7.81. The summed E-state index contributed by atoms with van der Waals surface area (Å²) in [7, 11) is 2.13. The van der Waals surface area contributed by atoms with Gasteiger partial charge >= 0.3 is 6.03 Å². The minimum atomic E-state index is -0.189. The first-order valence-electron chi connectivity index (χ1n) is 10.1. The fraction of sp³-hybridized carbons (Fsp3) is 0.737. The highest BCUT2D eigenvalue weighted by atomic mass is 16.5. The number of piperidine rings is 1. The number of ether oxygens (including phenoxy) is 1. The van der Waals surface area contributed by atoms with E-state index in [9.17, 15) is 4.79 Å². The number of nitrogens with zero attached hydrogens (tertiary/aromatic N) is 5. The second-order valence-corrected chi connectivity index (χ2v) is 7.81. The topological polar surface area (TPSA) is 73.8 Å². The molecule has 8 heteroatoms. The van der Waals surface area contributed by atoms with Gasteiger partial charge in [0.2, 0.25) is 5.95 Å². The Kier molecular flexibility index (Phi) is 5.73. The summed E-state index contributed by atoms with van der Waals surface area (Å²) in [6.07, 6.45) is 6.03. The molecule has 0 bridgehead atoms. The van der Waals surface area contributed by atoms with Crippen LogP contribution in [-0.2, 0) is 4.74 Å². The number of amides is 2. The number of carbonyl (C=O) groups is 1. The molecule has 0 aliphatic carbocycles. The van der Waals surface area contributed by atoms with Crippen LogP contribution >= 0.6 is 0 Å². The van der Waals surface area contributed by atoms with Crippen LogP contribution in [0.4, 0.5) is 10.7 Å². The molecule has 2 amide bonds. The summed E-state index contributed by atoms with van der Waals surface area (Å²) >= 11 is 0. The Hall–Kier alpha value is -1.93. The lowest BCUT2D eigenvalue weighted by molar-refractivity contribution is -0.0182. The number of likely N-dealkylation sites (tertiary alicyclic amines) is 1. The minimum Gasteiger partial charge on any atom is -0.368 e. The molecule has 0 radical (unpaired) electrons. The fourth-order valence-electron chi connectivity index (χ4n) is 4.04.